The number of hydrogen-bond donors (Lipinski definition) is 2. The van der Waals surface area contributed by atoms with E-state index in [0.29, 0.717) is 11.5 Å². The maximum Gasteiger partial charge on any atom is 0.242 e. The number of pyridine rings is 2. The van der Waals surface area contributed by atoms with E-state index in [9.17, 15) is 4.79 Å². The lowest BCUT2D eigenvalue weighted by Gasteiger charge is -2.11. The van der Waals surface area contributed by atoms with Crippen molar-refractivity contribution in [3.05, 3.63) is 84.3 Å². The van der Waals surface area contributed by atoms with Crippen LogP contribution in [0.5, 0.6) is 0 Å². The molecule has 2 N–H and O–H groups in total. The summed E-state index contributed by atoms with van der Waals surface area (Å²) in [4.78, 5) is 16.9. The number of likely N-dealkylation sites (N-methyl/N-ethyl adjacent to an activating group) is 1. The molecule has 3 heterocycles. The van der Waals surface area contributed by atoms with E-state index in [1.807, 2.05) is 65.3 Å². The zero-order valence-electron chi connectivity index (χ0n) is 16.8. The maximum absolute atomic E-state index is 12.3. The molecule has 148 valence electrons. The van der Waals surface area contributed by atoms with E-state index in [4.69, 9.17) is 0 Å². The summed E-state index contributed by atoms with van der Waals surface area (Å²) in [6.45, 7) is 1.79. The molecule has 0 spiro atoms. The highest BCUT2D eigenvalue weighted by atomic mass is 16.2. The molecule has 0 aliphatic heterocycles. The minimum Gasteiger partial charge on any atom is -0.309 e. The molecule has 6 heteroatoms. The third-order valence-electron chi connectivity index (χ3n) is 4.79. The van der Waals surface area contributed by atoms with Gasteiger partial charge in [-0.15, -0.1) is 0 Å². The summed E-state index contributed by atoms with van der Waals surface area (Å²) in [6.07, 6.45) is 3.71. The standard InChI is InChI=1S/C24H21N5O/c1-17(25-2)24(30)28-23-14-12-19(20-16-26-29-15-7-6-10-22(20)29)21(27-23)13-11-18-8-4-3-5-9-18/h3-10,12,14-17,25H,1-2H3,(H,27,28,30). The van der Waals surface area contributed by atoms with Crippen LogP contribution in [-0.4, -0.2) is 33.6 Å². The highest BCUT2D eigenvalue weighted by Gasteiger charge is 2.15. The van der Waals surface area contributed by atoms with Crippen molar-refractivity contribution >= 4 is 17.2 Å². The van der Waals surface area contributed by atoms with E-state index in [1.165, 1.54) is 0 Å². The summed E-state index contributed by atoms with van der Waals surface area (Å²) in [7, 11) is 1.74. The second-order valence-corrected chi connectivity index (χ2v) is 6.80. The van der Waals surface area contributed by atoms with Crippen molar-refractivity contribution in [3.8, 4) is 23.0 Å². The average molecular weight is 395 g/mol. The number of hydrogen-bond acceptors (Lipinski definition) is 4. The monoisotopic (exact) mass is 395 g/mol. The zero-order valence-corrected chi connectivity index (χ0v) is 16.8. The van der Waals surface area contributed by atoms with Crippen LogP contribution in [0.4, 0.5) is 5.82 Å². The lowest BCUT2D eigenvalue weighted by molar-refractivity contribution is -0.117. The number of anilines is 1. The van der Waals surface area contributed by atoms with Gasteiger partial charge in [-0.05, 0) is 56.3 Å². The van der Waals surface area contributed by atoms with Gasteiger partial charge in [-0.25, -0.2) is 9.50 Å². The first-order chi connectivity index (χ1) is 14.7. The van der Waals surface area contributed by atoms with Gasteiger partial charge in [0.1, 0.15) is 11.5 Å². The molecule has 30 heavy (non-hydrogen) atoms. The Morgan fingerprint density at radius 3 is 2.60 bits per heavy atom. The van der Waals surface area contributed by atoms with Gasteiger partial charge in [-0.1, -0.05) is 30.2 Å². The summed E-state index contributed by atoms with van der Waals surface area (Å²) in [6, 6.07) is 19.0. The predicted octanol–water partition coefficient (Wildman–Crippen LogP) is 3.34. The Morgan fingerprint density at radius 2 is 1.80 bits per heavy atom. The number of carbonyl (C=O) groups excluding carboxylic acids is 1. The molecule has 0 radical (unpaired) electrons. The second-order valence-electron chi connectivity index (χ2n) is 6.80. The molecule has 4 aromatic rings. The fraction of sp³-hybridized carbons (Fsp3) is 0.125. The number of rotatable bonds is 4. The Kier molecular flexibility index (Phi) is 5.55. The van der Waals surface area contributed by atoms with Gasteiger partial charge in [-0.2, -0.15) is 5.10 Å². The Labute approximate surface area is 175 Å². The van der Waals surface area contributed by atoms with Crippen LogP contribution in [0.1, 0.15) is 18.2 Å². The first-order valence-electron chi connectivity index (χ1n) is 9.64. The number of nitrogens with zero attached hydrogens (tertiary/aromatic N) is 3. The Balaban J connectivity index is 1.79. The summed E-state index contributed by atoms with van der Waals surface area (Å²) in [5.74, 6) is 6.64. The highest BCUT2D eigenvalue weighted by molar-refractivity contribution is 5.94. The minimum atomic E-state index is -0.329. The number of amides is 1. The number of fused-ring (bicyclic) bond motifs is 1. The molecule has 0 bridgehead atoms. The first-order valence-corrected chi connectivity index (χ1v) is 9.64. The zero-order chi connectivity index (χ0) is 20.9. The fourth-order valence-corrected chi connectivity index (χ4v) is 3.00. The van der Waals surface area contributed by atoms with Gasteiger partial charge in [0, 0.05) is 22.9 Å². The van der Waals surface area contributed by atoms with E-state index >= 15 is 0 Å². The summed E-state index contributed by atoms with van der Waals surface area (Å²) in [5, 5.41) is 10.2. The third kappa shape index (κ3) is 4.07. The Morgan fingerprint density at radius 1 is 1.00 bits per heavy atom. The lowest BCUT2D eigenvalue weighted by Crippen LogP contribution is -2.35. The topological polar surface area (TPSA) is 71.3 Å². The van der Waals surface area contributed by atoms with Gasteiger partial charge in [0.15, 0.2) is 0 Å². The van der Waals surface area contributed by atoms with E-state index < -0.39 is 0 Å². The van der Waals surface area contributed by atoms with Crippen molar-refractivity contribution in [2.24, 2.45) is 0 Å². The molecule has 1 amide bonds. The van der Waals surface area contributed by atoms with Crippen LogP contribution in [0, 0.1) is 11.8 Å². The SMILES string of the molecule is CNC(C)C(=O)Nc1ccc(-c2cnn3ccccc23)c(C#Cc2ccccc2)n1. The normalized spacial score (nSPS) is 11.5. The van der Waals surface area contributed by atoms with Crippen molar-refractivity contribution in [3.63, 3.8) is 0 Å². The number of carbonyl (C=O) groups is 1. The molecular weight excluding hydrogens is 374 g/mol. The van der Waals surface area contributed by atoms with Crippen molar-refractivity contribution in [2.75, 3.05) is 12.4 Å². The van der Waals surface area contributed by atoms with Gasteiger partial charge in [0.25, 0.3) is 0 Å². The van der Waals surface area contributed by atoms with Crippen LogP contribution in [0.2, 0.25) is 0 Å². The summed E-state index contributed by atoms with van der Waals surface area (Å²) >= 11 is 0. The Bertz CT molecular complexity index is 1250. The molecule has 0 aliphatic carbocycles. The highest BCUT2D eigenvalue weighted by Crippen LogP contribution is 2.28. The molecule has 4 rings (SSSR count). The Hall–Kier alpha value is -3.95. The van der Waals surface area contributed by atoms with Crippen LogP contribution in [0.15, 0.2) is 73.1 Å². The summed E-state index contributed by atoms with van der Waals surface area (Å²) in [5.41, 5.74) is 4.22. The van der Waals surface area contributed by atoms with E-state index in [0.717, 1.165) is 22.2 Å². The number of benzene rings is 1. The van der Waals surface area contributed by atoms with Gasteiger partial charge < -0.3 is 10.6 Å². The van der Waals surface area contributed by atoms with E-state index in [2.05, 4.69) is 32.6 Å². The maximum atomic E-state index is 12.3. The average Bonchev–Trinajstić information content (AvgIpc) is 3.22. The van der Waals surface area contributed by atoms with Gasteiger partial charge in [-0.3, -0.25) is 4.79 Å². The molecule has 1 aromatic carbocycles. The molecule has 0 aliphatic rings. The summed E-state index contributed by atoms with van der Waals surface area (Å²) < 4.78 is 1.81. The quantitative estimate of drug-likeness (QED) is 0.520. The molecule has 0 saturated heterocycles. The van der Waals surface area contributed by atoms with Crippen molar-refractivity contribution in [1.82, 2.24) is 19.9 Å². The van der Waals surface area contributed by atoms with Crippen molar-refractivity contribution in [2.45, 2.75) is 13.0 Å². The number of aromatic nitrogens is 3. The first kappa shape index (κ1) is 19.4. The molecule has 1 atom stereocenters. The van der Waals surface area contributed by atoms with E-state index in [1.54, 1.807) is 26.2 Å². The number of nitrogens with one attached hydrogen (secondary N) is 2. The van der Waals surface area contributed by atoms with Crippen molar-refractivity contribution in [1.29, 1.82) is 0 Å². The molecule has 6 nitrogen and oxygen atoms in total. The fourth-order valence-electron chi connectivity index (χ4n) is 3.00. The van der Waals surface area contributed by atoms with Crippen LogP contribution < -0.4 is 10.6 Å². The van der Waals surface area contributed by atoms with Gasteiger partial charge in [0.05, 0.1) is 17.8 Å². The predicted molar refractivity (Wildman–Crippen MR) is 118 cm³/mol. The smallest absolute Gasteiger partial charge is 0.242 e. The van der Waals surface area contributed by atoms with E-state index in [-0.39, 0.29) is 11.9 Å². The third-order valence-corrected chi connectivity index (χ3v) is 4.79. The largest absolute Gasteiger partial charge is 0.309 e. The second kappa shape index (κ2) is 8.60. The lowest BCUT2D eigenvalue weighted by atomic mass is 10.0. The molecule has 0 fully saturated rings. The van der Waals surface area contributed by atoms with Crippen LogP contribution >= 0.6 is 0 Å². The molecular formula is C24H21N5O. The van der Waals surface area contributed by atoms with Gasteiger partial charge in [0.2, 0.25) is 5.91 Å². The molecule has 0 saturated carbocycles. The van der Waals surface area contributed by atoms with Crippen LogP contribution in [0.3, 0.4) is 0 Å². The van der Waals surface area contributed by atoms with Gasteiger partial charge >= 0.3 is 0 Å². The van der Waals surface area contributed by atoms with Crippen LogP contribution in [-0.2, 0) is 4.79 Å². The molecule has 1 unspecified atom stereocenters. The van der Waals surface area contributed by atoms with Crippen LogP contribution in [0.25, 0.3) is 16.6 Å². The molecule has 3 aromatic heterocycles. The van der Waals surface area contributed by atoms with Crippen molar-refractivity contribution < 1.29 is 4.79 Å². The minimum absolute atomic E-state index is 0.157.